The molecule has 1 atom stereocenters. The number of para-hydroxylation sites is 1. The van der Waals surface area contributed by atoms with Crippen molar-refractivity contribution >= 4 is 6.09 Å². The first-order valence-corrected chi connectivity index (χ1v) is 6.28. The Morgan fingerprint density at radius 2 is 1.95 bits per heavy atom. The fourth-order valence-electron chi connectivity index (χ4n) is 1.36. The molecular weight excluding hydrogens is 244 g/mol. The number of hydrogen-bond acceptors (Lipinski definition) is 4. The van der Waals surface area contributed by atoms with Crippen LogP contribution in [0.3, 0.4) is 0 Å². The van der Waals surface area contributed by atoms with Gasteiger partial charge in [-0.15, -0.1) is 0 Å². The Morgan fingerprint density at radius 3 is 2.47 bits per heavy atom. The summed E-state index contributed by atoms with van der Waals surface area (Å²) in [7, 11) is 0. The van der Waals surface area contributed by atoms with Gasteiger partial charge in [-0.25, -0.2) is 4.79 Å². The summed E-state index contributed by atoms with van der Waals surface area (Å²) in [6, 6.07) is 9.09. The highest BCUT2D eigenvalue weighted by Gasteiger charge is 2.19. The first-order valence-electron chi connectivity index (χ1n) is 6.28. The molecule has 1 amide bonds. The molecule has 19 heavy (non-hydrogen) atoms. The van der Waals surface area contributed by atoms with Gasteiger partial charge in [0.25, 0.3) is 0 Å². The van der Waals surface area contributed by atoms with Crippen LogP contribution in [0.1, 0.15) is 20.8 Å². The van der Waals surface area contributed by atoms with Crippen molar-refractivity contribution in [1.82, 2.24) is 5.32 Å². The van der Waals surface area contributed by atoms with Crippen molar-refractivity contribution in [3.05, 3.63) is 30.3 Å². The van der Waals surface area contributed by atoms with E-state index >= 15 is 0 Å². The van der Waals surface area contributed by atoms with Crippen molar-refractivity contribution < 1.29 is 14.3 Å². The first kappa shape index (κ1) is 15.3. The first-order chi connectivity index (χ1) is 8.90. The molecule has 5 heteroatoms. The number of benzene rings is 1. The predicted molar refractivity (Wildman–Crippen MR) is 74.1 cm³/mol. The molecule has 0 radical (unpaired) electrons. The SMILES string of the molecule is CC(C)(C)OC(=O)N[C@H](CN)COc1ccccc1. The van der Waals surface area contributed by atoms with E-state index in [2.05, 4.69) is 5.32 Å². The second-order valence-electron chi connectivity index (χ2n) is 5.20. The summed E-state index contributed by atoms with van der Waals surface area (Å²) >= 11 is 0. The van der Waals surface area contributed by atoms with Crippen LogP contribution in [-0.2, 0) is 4.74 Å². The van der Waals surface area contributed by atoms with Crippen LogP contribution in [0, 0.1) is 0 Å². The maximum absolute atomic E-state index is 11.6. The number of carbonyl (C=O) groups excluding carboxylic acids is 1. The van der Waals surface area contributed by atoms with Crippen LogP contribution in [0.25, 0.3) is 0 Å². The second kappa shape index (κ2) is 6.99. The Balaban J connectivity index is 2.39. The van der Waals surface area contributed by atoms with Crippen LogP contribution in [0.5, 0.6) is 5.75 Å². The number of ether oxygens (including phenoxy) is 2. The van der Waals surface area contributed by atoms with Crippen molar-refractivity contribution in [2.75, 3.05) is 13.2 Å². The molecule has 1 aromatic carbocycles. The topological polar surface area (TPSA) is 73.6 Å². The van der Waals surface area contributed by atoms with Gasteiger partial charge >= 0.3 is 6.09 Å². The molecule has 0 aliphatic rings. The van der Waals surface area contributed by atoms with Gasteiger partial charge in [-0.05, 0) is 32.9 Å². The van der Waals surface area contributed by atoms with Crippen LogP contribution in [0.15, 0.2) is 30.3 Å². The van der Waals surface area contributed by atoms with Gasteiger partial charge in [0.1, 0.15) is 18.0 Å². The average Bonchev–Trinajstić information content (AvgIpc) is 2.33. The lowest BCUT2D eigenvalue weighted by Gasteiger charge is -2.23. The monoisotopic (exact) mass is 266 g/mol. The number of hydrogen-bond donors (Lipinski definition) is 2. The van der Waals surface area contributed by atoms with E-state index in [0.29, 0.717) is 6.61 Å². The zero-order valence-electron chi connectivity index (χ0n) is 11.7. The third-order valence-corrected chi connectivity index (χ3v) is 2.20. The summed E-state index contributed by atoms with van der Waals surface area (Å²) in [5, 5.41) is 2.68. The minimum absolute atomic E-state index is 0.282. The maximum Gasteiger partial charge on any atom is 0.408 e. The Morgan fingerprint density at radius 1 is 1.32 bits per heavy atom. The van der Waals surface area contributed by atoms with Crippen molar-refractivity contribution in [3.63, 3.8) is 0 Å². The lowest BCUT2D eigenvalue weighted by Crippen LogP contribution is -2.46. The van der Waals surface area contributed by atoms with Crippen molar-refractivity contribution in [2.24, 2.45) is 5.73 Å². The fourth-order valence-corrected chi connectivity index (χ4v) is 1.36. The molecule has 3 N–H and O–H groups in total. The van der Waals surface area contributed by atoms with Crippen molar-refractivity contribution in [2.45, 2.75) is 32.4 Å². The zero-order chi connectivity index (χ0) is 14.3. The molecule has 0 saturated carbocycles. The predicted octanol–water partition coefficient (Wildman–Crippen LogP) is 1.92. The normalized spacial score (nSPS) is 12.6. The quantitative estimate of drug-likeness (QED) is 0.854. The summed E-state index contributed by atoms with van der Waals surface area (Å²) < 4.78 is 10.7. The summed E-state index contributed by atoms with van der Waals surface area (Å²) in [5.41, 5.74) is 5.07. The number of amides is 1. The third-order valence-electron chi connectivity index (χ3n) is 2.20. The number of carbonyl (C=O) groups is 1. The summed E-state index contributed by atoms with van der Waals surface area (Å²) in [6.07, 6.45) is -0.486. The average molecular weight is 266 g/mol. The van der Waals surface area contributed by atoms with Gasteiger partial charge < -0.3 is 20.5 Å². The number of nitrogens with one attached hydrogen (secondary N) is 1. The van der Waals surface area contributed by atoms with Gasteiger partial charge in [-0.1, -0.05) is 18.2 Å². The molecule has 0 aromatic heterocycles. The second-order valence-corrected chi connectivity index (χ2v) is 5.20. The number of nitrogens with two attached hydrogens (primary N) is 1. The van der Waals surface area contributed by atoms with Crippen LogP contribution in [0.2, 0.25) is 0 Å². The smallest absolute Gasteiger partial charge is 0.408 e. The standard InChI is InChI=1S/C14H22N2O3/c1-14(2,3)19-13(17)16-11(9-15)10-18-12-7-5-4-6-8-12/h4-8,11H,9-10,15H2,1-3H3,(H,16,17)/t11-/m1/s1. The summed E-state index contributed by atoms with van der Waals surface area (Å²) in [4.78, 5) is 11.6. The van der Waals surface area contributed by atoms with E-state index in [-0.39, 0.29) is 12.6 Å². The molecular formula is C14H22N2O3. The third kappa shape index (κ3) is 6.67. The van der Waals surface area contributed by atoms with Crippen LogP contribution in [-0.4, -0.2) is 30.9 Å². The Kier molecular flexibility index (Phi) is 5.63. The molecule has 5 nitrogen and oxygen atoms in total. The van der Waals surface area contributed by atoms with E-state index in [1.54, 1.807) is 0 Å². The van der Waals surface area contributed by atoms with Gasteiger partial charge in [0.15, 0.2) is 0 Å². The molecule has 0 spiro atoms. The molecule has 0 aliphatic carbocycles. The van der Waals surface area contributed by atoms with Crippen LogP contribution in [0.4, 0.5) is 4.79 Å². The largest absolute Gasteiger partial charge is 0.491 e. The van der Waals surface area contributed by atoms with E-state index in [4.69, 9.17) is 15.2 Å². The van der Waals surface area contributed by atoms with Gasteiger partial charge in [0.05, 0.1) is 6.04 Å². The maximum atomic E-state index is 11.6. The van der Waals surface area contributed by atoms with Crippen LogP contribution < -0.4 is 15.8 Å². The lowest BCUT2D eigenvalue weighted by molar-refractivity contribution is 0.0490. The van der Waals surface area contributed by atoms with Crippen molar-refractivity contribution in [1.29, 1.82) is 0 Å². The van der Waals surface area contributed by atoms with E-state index in [9.17, 15) is 4.79 Å². The molecule has 0 heterocycles. The Hall–Kier alpha value is -1.75. The highest BCUT2D eigenvalue weighted by atomic mass is 16.6. The molecule has 0 saturated heterocycles. The highest BCUT2D eigenvalue weighted by molar-refractivity contribution is 5.68. The molecule has 106 valence electrons. The summed E-state index contributed by atoms with van der Waals surface area (Å²) in [5.74, 6) is 0.743. The number of rotatable bonds is 5. The van der Waals surface area contributed by atoms with E-state index in [0.717, 1.165) is 5.75 Å². The van der Waals surface area contributed by atoms with Crippen molar-refractivity contribution in [3.8, 4) is 5.75 Å². The van der Waals surface area contributed by atoms with Gasteiger partial charge in [-0.2, -0.15) is 0 Å². The van der Waals surface area contributed by atoms with E-state index in [1.165, 1.54) is 0 Å². The molecule has 0 aliphatic heterocycles. The minimum Gasteiger partial charge on any atom is -0.491 e. The fraction of sp³-hybridized carbons (Fsp3) is 0.500. The molecule has 1 rings (SSSR count). The van der Waals surface area contributed by atoms with E-state index in [1.807, 2.05) is 51.1 Å². The van der Waals surface area contributed by atoms with E-state index < -0.39 is 11.7 Å². The van der Waals surface area contributed by atoms with Gasteiger partial charge in [0, 0.05) is 6.54 Å². The Labute approximate surface area is 114 Å². The number of alkyl carbamates (subject to hydrolysis) is 1. The van der Waals surface area contributed by atoms with Gasteiger partial charge in [0.2, 0.25) is 0 Å². The zero-order valence-corrected chi connectivity index (χ0v) is 11.7. The molecule has 0 fully saturated rings. The molecule has 0 unspecified atom stereocenters. The molecule has 1 aromatic rings. The minimum atomic E-state index is -0.524. The Bertz CT molecular complexity index is 387. The highest BCUT2D eigenvalue weighted by Crippen LogP contribution is 2.09. The molecule has 0 bridgehead atoms. The van der Waals surface area contributed by atoms with Gasteiger partial charge in [-0.3, -0.25) is 0 Å². The van der Waals surface area contributed by atoms with Crippen LogP contribution >= 0.6 is 0 Å². The lowest BCUT2D eigenvalue weighted by atomic mass is 10.2. The summed E-state index contributed by atoms with van der Waals surface area (Å²) in [6.45, 7) is 6.02.